The van der Waals surface area contributed by atoms with Crippen molar-refractivity contribution in [3.8, 4) is 11.5 Å². The Bertz CT molecular complexity index is 4310. The highest BCUT2D eigenvalue weighted by molar-refractivity contribution is 7.98. The number of amides is 12. The van der Waals surface area contributed by atoms with Crippen molar-refractivity contribution in [2.24, 2.45) is 17.1 Å². The van der Waals surface area contributed by atoms with Crippen LogP contribution in [0.2, 0.25) is 0 Å². The lowest BCUT2D eigenvalue weighted by Gasteiger charge is -2.46. The molecule has 5 aliphatic rings. The van der Waals surface area contributed by atoms with Gasteiger partial charge in [-0.15, -0.1) is 0 Å². The van der Waals surface area contributed by atoms with Crippen LogP contribution in [0.1, 0.15) is 129 Å². The summed E-state index contributed by atoms with van der Waals surface area (Å²) >= 11 is 2.57. The molecule has 1 saturated carbocycles. The number of phenolic OH excluding ortho intramolecular Hbond substituents is 2. The molecule has 598 valence electrons. The maximum atomic E-state index is 15.2. The number of H-pyrrole nitrogens is 1. The summed E-state index contributed by atoms with van der Waals surface area (Å²) in [7, 11) is 0. The zero-order valence-electron chi connectivity index (χ0n) is 63.9. The summed E-state index contributed by atoms with van der Waals surface area (Å²) in [6, 6.07) is 9.22. The molecular weight excluding hydrogens is 1470 g/mol. The number of primary amides is 1. The molecule has 1 spiro atoms. The lowest BCUT2D eigenvalue weighted by Crippen LogP contribution is -2.70. The first kappa shape index (κ1) is 84.8. The minimum atomic E-state index is -2.07. The van der Waals surface area contributed by atoms with E-state index in [2.05, 4.69) is 68.5 Å². The Kier molecular flexibility index (Phi) is 27.7. The number of nitrogens with zero attached hydrogens (tertiary/aromatic N) is 2. The summed E-state index contributed by atoms with van der Waals surface area (Å²) < 4.78 is 0. The number of hydrogen-bond acceptors (Lipinski definition) is 20. The van der Waals surface area contributed by atoms with E-state index in [9.17, 15) is 63.6 Å². The van der Waals surface area contributed by atoms with Crippen LogP contribution >= 0.6 is 23.5 Å². The molecule has 4 bridgehead atoms. The van der Waals surface area contributed by atoms with Crippen molar-refractivity contribution in [2.75, 3.05) is 18.1 Å². The van der Waals surface area contributed by atoms with Crippen LogP contribution in [0.25, 0.3) is 11.0 Å². The van der Waals surface area contributed by atoms with Crippen molar-refractivity contribution < 1.29 is 78.0 Å². The molecule has 2 aromatic heterocycles. The fraction of sp³-hybridized carbons (Fsp3) is 0.500. The van der Waals surface area contributed by atoms with Gasteiger partial charge in [-0.25, -0.2) is 4.98 Å². The van der Waals surface area contributed by atoms with E-state index < -0.39 is 165 Å². The molecule has 1 saturated heterocycles. The number of benzene rings is 3. The number of fused-ring (bicyclic) bond motifs is 31. The third-order valence-electron chi connectivity index (χ3n) is 20.4. The maximum Gasteiger partial charge on any atom is 0.250 e. The molecule has 5 aromatic rings. The van der Waals surface area contributed by atoms with Crippen LogP contribution in [0.15, 0.2) is 109 Å². The Balaban J connectivity index is 1.04. The van der Waals surface area contributed by atoms with Crippen LogP contribution in [0.3, 0.4) is 0 Å². The van der Waals surface area contributed by atoms with Crippen LogP contribution in [0.4, 0.5) is 0 Å². The highest BCUT2D eigenvalue weighted by atomic mass is 32.2. The largest absolute Gasteiger partial charge is 0.508 e. The van der Waals surface area contributed by atoms with E-state index in [1.807, 2.05) is 24.3 Å². The number of nitrogens with two attached hydrogens (primary N) is 1. The van der Waals surface area contributed by atoms with Crippen molar-refractivity contribution in [3.63, 3.8) is 0 Å². The number of nitrogens with one attached hydrogen (secondary N) is 12. The van der Waals surface area contributed by atoms with Gasteiger partial charge in [-0.1, -0.05) is 83.1 Å². The third kappa shape index (κ3) is 21.5. The van der Waals surface area contributed by atoms with E-state index in [1.165, 1.54) is 87.3 Å². The minimum absolute atomic E-state index is 0.000111. The van der Waals surface area contributed by atoms with E-state index in [0.29, 0.717) is 51.3 Å². The zero-order chi connectivity index (χ0) is 81.0. The van der Waals surface area contributed by atoms with Gasteiger partial charge in [0.05, 0.1) is 17.7 Å². The summed E-state index contributed by atoms with van der Waals surface area (Å²) in [4.78, 5) is 182. The molecule has 2 fully saturated rings. The molecule has 2 unspecified atom stereocenters. The number of aromatic nitrogens is 2. The lowest BCUT2D eigenvalue weighted by atomic mass is 9.75. The number of aromatic hydroxyl groups is 2. The van der Waals surface area contributed by atoms with Gasteiger partial charge in [-0.3, -0.25) is 57.5 Å². The first-order chi connectivity index (χ1) is 52.3. The highest BCUT2D eigenvalue weighted by Gasteiger charge is 2.52. The molecule has 31 nitrogen and oxygen atoms in total. The minimum Gasteiger partial charge on any atom is -0.508 e. The van der Waals surface area contributed by atoms with Gasteiger partial charge in [0.15, 0.2) is 0 Å². The number of pyridine rings is 1. The summed E-state index contributed by atoms with van der Waals surface area (Å²) in [5.74, 6) is -9.50. The van der Waals surface area contributed by atoms with Gasteiger partial charge < -0.3 is 94.5 Å². The second-order valence-electron chi connectivity index (χ2n) is 31.1. The number of aliphatic hydroxyl groups is 2. The van der Waals surface area contributed by atoms with Gasteiger partial charge in [0.2, 0.25) is 65.0 Å². The molecule has 3 aromatic carbocycles. The summed E-state index contributed by atoms with van der Waals surface area (Å²) in [5, 5.41) is 74.8. The van der Waals surface area contributed by atoms with Crippen LogP contribution < -0.4 is 64.2 Å². The molecule has 12 atom stereocenters. The summed E-state index contributed by atoms with van der Waals surface area (Å²) in [6.07, 6.45) is 3.92. The van der Waals surface area contributed by atoms with Crippen molar-refractivity contribution in [1.82, 2.24) is 73.4 Å². The number of hydrogen-bond donors (Lipinski definition) is 17. The monoisotopic (exact) mass is 1570 g/mol. The first-order valence-electron chi connectivity index (χ1n) is 37.1. The van der Waals surface area contributed by atoms with Gasteiger partial charge in [-0.2, -0.15) is 23.5 Å². The van der Waals surface area contributed by atoms with Crippen molar-refractivity contribution in [3.05, 3.63) is 137 Å². The fourth-order valence-corrected chi connectivity index (χ4v) is 15.8. The molecule has 10 rings (SSSR count). The Morgan fingerprint density at radius 1 is 0.658 bits per heavy atom. The van der Waals surface area contributed by atoms with E-state index in [-0.39, 0.29) is 74.5 Å². The number of thioether (sulfide) groups is 2. The van der Waals surface area contributed by atoms with E-state index in [0.717, 1.165) is 11.1 Å². The standard InChI is InChI=1S/C78H103N15O16S2/c1-41(2)78-35-56(91-78)53(32-45-19-23-50(96)24-20-45)84-65(99)42(3)82-73(107)77(27-14-28-77)92-67(101)54(34-49-36-81-64-52(49)17-12-29-80-64)85-71(105)62(76(9,10)109)90-68(102)59-18-13-30-93(59)72(106)55(33-46-21-25-51(97)26-22-46)86-70(104)61(75(6,7)8)89-66(100)58(83-44(5)95)40-111-38-48-16-11-15-47(31-48)37-110-39-57(63(79)98)87-69(103)60(43(4)94)88-74(78)108/h11-12,15-17,19-26,29,31,35-36,41-43,53-55,57-62,91,94,96-97,109H,13-14,18,27-28,30,32-34,37-40H2,1-10H3,(H2,79,98)(H,80,81)(H,82,107)(H,83,95)(H,84,99)(H,85,105)(H,86,104)(H,87,103)(H,88,108)(H,89,100)(H,90,102)(H,92,101)/t42-,43+,53-,54-,55-,57+,58-,59-,60-,61?,62?,78-/m0/s1. The maximum absolute atomic E-state index is 15.2. The van der Waals surface area contributed by atoms with Gasteiger partial charge in [0.25, 0.3) is 5.91 Å². The van der Waals surface area contributed by atoms with E-state index in [4.69, 9.17) is 5.73 Å². The van der Waals surface area contributed by atoms with Crippen LogP contribution in [-0.2, 0) is 88.3 Å². The molecule has 0 radical (unpaired) electrons. The smallest absolute Gasteiger partial charge is 0.250 e. The average Bonchev–Trinajstić information content (AvgIpc) is 1.68. The molecule has 111 heavy (non-hydrogen) atoms. The molecule has 1 aliphatic carbocycles. The van der Waals surface area contributed by atoms with Crippen LogP contribution in [-0.4, -0.2) is 207 Å². The second kappa shape index (κ2) is 36.3. The predicted octanol–water partition coefficient (Wildman–Crippen LogP) is 1.18. The molecule has 4 aliphatic heterocycles. The summed E-state index contributed by atoms with van der Waals surface area (Å²) in [6.45, 7) is 15.1. The van der Waals surface area contributed by atoms with Gasteiger partial charge >= 0.3 is 0 Å². The number of rotatable bonds is 11. The third-order valence-corrected chi connectivity index (χ3v) is 22.6. The van der Waals surface area contributed by atoms with E-state index in [1.54, 1.807) is 89.5 Å². The lowest BCUT2D eigenvalue weighted by molar-refractivity contribution is -0.144. The molecule has 33 heteroatoms. The fourth-order valence-electron chi connectivity index (χ4n) is 13.8. The Morgan fingerprint density at radius 2 is 1.24 bits per heavy atom. The van der Waals surface area contributed by atoms with Crippen LogP contribution in [0.5, 0.6) is 11.5 Å². The molecule has 6 heterocycles. The SMILES string of the molecule is CC(=O)N[C@H]1CSCc2cccc(c2)CSC[C@H](C(N)=O)NC(=O)[C@H]([C@@H](C)O)NC(=O)[C@@]2(C(C)C)C=C(N2)[C@H](Cc2ccc(O)cc2)NC(=O)[C@H](C)NC(=O)C2(CCC2)NC(=O)[C@H](Cc2c[nH]c3ncccc23)NC(=O)C(C(C)(C)O)NC(=O)[C@@H]2CCCN2C(=O)[C@H](Cc2ccc(O)cc2)NC(=O)C(C(C)(C)C)NC1=O. The van der Waals surface area contributed by atoms with E-state index >= 15 is 14.4 Å². The van der Waals surface area contributed by atoms with Crippen molar-refractivity contribution >= 4 is 105 Å². The molecular formula is C78H103N15O16S2. The molecule has 12 amide bonds. The highest BCUT2D eigenvalue weighted by Crippen LogP contribution is 2.35. The first-order valence-corrected chi connectivity index (χ1v) is 39.4. The number of aliphatic hydroxyl groups excluding tert-OH is 1. The Morgan fingerprint density at radius 3 is 1.81 bits per heavy atom. The molecule has 18 N–H and O–H groups in total. The topological polar surface area (TPSA) is 476 Å². The van der Waals surface area contributed by atoms with Gasteiger partial charge in [0.1, 0.15) is 82.6 Å². The second-order valence-corrected chi connectivity index (χ2v) is 33.1. The predicted molar refractivity (Wildman–Crippen MR) is 416 cm³/mol. The Labute approximate surface area is 652 Å². The number of aromatic amines is 1. The average molecular weight is 1570 g/mol. The summed E-state index contributed by atoms with van der Waals surface area (Å²) in [5.41, 5.74) is 3.62. The quantitative estimate of drug-likeness (QED) is 0.0826. The zero-order valence-corrected chi connectivity index (χ0v) is 65.5. The number of carbonyl (C=O) groups excluding carboxylic acids is 12. The van der Waals surface area contributed by atoms with Crippen molar-refractivity contribution in [2.45, 2.75) is 215 Å². The van der Waals surface area contributed by atoms with Gasteiger partial charge in [-0.05, 0) is 148 Å². The number of carbonyl (C=O) groups is 12. The number of phenols is 2. The van der Waals surface area contributed by atoms with Gasteiger partial charge in [0, 0.05) is 72.8 Å². The Hall–Kier alpha value is -10.3. The van der Waals surface area contributed by atoms with Crippen LogP contribution in [0, 0.1) is 11.3 Å². The van der Waals surface area contributed by atoms with Crippen molar-refractivity contribution in [1.29, 1.82) is 0 Å². The normalized spacial score (nSPS) is 26.1.